The van der Waals surface area contributed by atoms with Gasteiger partial charge in [-0.2, -0.15) is 0 Å². The van der Waals surface area contributed by atoms with Gasteiger partial charge >= 0.3 is 0 Å². The molecule has 1 aromatic carbocycles. The minimum absolute atomic E-state index is 0.295. The van der Waals surface area contributed by atoms with Gasteiger partial charge in [0, 0.05) is 16.2 Å². The summed E-state index contributed by atoms with van der Waals surface area (Å²) < 4.78 is 1.08. The third-order valence-electron chi connectivity index (χ3n) is 1.61. The van der Waals surface area contributed by atoms with Gasteiger partial charge in [0.15, 0.2) is 0 Å². The summed E-state index contributed by atoms with van der Waals surface area (Å²) in [4.78, 5) is 0. The number of para-hydroxylation sites is 1. The maximum absolute atomic E-state index is 3.71. The standard InChI is InChI=1S/C10H12BrN/c1-3-8(2)12-10-7-5-4-6-9(10)11/h3-8,12H,1H2,2H3. The van der Waals surface area contributed by atoms with Crippen LogP contribution in [0.5, 0.6) is 0 Å². The van der Waals surface area contributed by atoms with Gasteiger partial charge in [-0.25, -0.2) is 0 Å². The van der Waals surface area contributed by atoms with E-state index in [4.69, 9.17) is 0 Å². The van der Waals surface area contributed by atoms with Crippen LogP contribution in [0.3, 0.4) is 0 Å². The first-order valence-electron chi connectivity index (χ1n) is 3.87. The van der Waals surface area contributed by atoms with Gasteiger partial charge in [0.1, 0.15) is 0 Å². The lowest BCUT2D eigenvalue weighted by molar-refractivity contribution is 1.000. The minimum Gasteiger partial charge on any atom is -0.378 e. The molecule has 1 N–H and O–H groups in total. The lowest BCUT2D eigenvalue weighted by Gasteiger charge is -2.11. The van der Waals surface area contributed by atoms with Crippen LogP contribution in [-0.2, 0) is 0 Å². The Morgan fingerprint density at radius 2 is 2.17 bits per heavy atom. The largest absolute Gasteiger partial charge is 0.378 e. The summed E-state index contributed by atoms with van der Waals surface area (Å²) in [6.07, 6.45) is 1.87. The molecular weight excluding hydrogens is 214 g/mol. The lowest BCUT2D eigenvalue weighted by Crippen LogP contribution is -2.11. The molecule has 0 aliphatic carbocycles. The monoisotopic (exact) mass is 225 g/mol. The van der Waals surface area contributed by atoms with Crippen molar-refractivity contribution in [2.24, 2.45) is 0 Å². The van der Waals surface area contributed by atoms with E-state index in [1.54, 1.807) is 0 Å². The zero-order valence-electron chi connectivity index (χ0n) is 7.05. The van der Waals surface area contributed by atoms with E-state index in [0.29, 0.717) is 6.04 Å². The maximum atomic E-state index is 3.71. The summed E-state index contributed by atoms with van der Waals surface area (Å²) in [7, 11) is 0. The molecule has 0 bridgehead atoms. The fraction of sp³-hybridized carbons (Fsp3) is 0.200. The fourth-order valence-corrected chi connectivity index (χ4v) is 1.28. The van der Waals surface area contributed by atoms with E-state index in [1.807, 2.05) is 30.3 Å². The van der Waals surface area contributed by atoms with Crippen LogP contribution in [0, 0.1) is 0 Å². The van der Waals surface area contributed by atoms with Crippen LogP contribution in [0.25, 0.3) is 0 Å². The molecule has 0 radical (unpaired) electrons. The van der Waals surface area contributed by atoms with Gasteiger partial charge in [-0.15, -0.1) is 6.58 Å². The molecule has 0 fully saturated rings. The van der Waals surface area contributed by atoms with Gasteiger partial charge in [0.05, 0.1) is 0 Å². The van der Waals surface area contributed by atoms with Crippen LogP contribution in [0.4, 0.5) is 5.69 Å². The van der Waals surface area contributed by atoms with Gasteiger partial charge in [-0.05, 0) is 35.0 Å². The number of halogens is 1. The molecule has 1 atom stereocenters. The minimum atomic E-state index is 0.295. The summed E-state index contributed by atoms with van der Waals surface area (Å²) in [5, 5.41) is 3.29. The van der Waals surface area contributed by atoms with E-state index in [9.17, 15) is 0 Å². The van der Waals surface area contributed by atoms with Crippen LogP contribution in [-0.4, -0.2) is 6.04 Å². The normalized spacial score (nSPS) is 12.2. The molecule has 0 saturated carbocycles. The van der Waals surface area contributed by atoms with Gasteiger partial charge in [0.2, 0.25) is 0 Å². The molecular formula is C10H12BrN. The zero-order chi connectivity index (χ0) is 8.97. The Hall–Kier alpha value is -0.760. The summed E-state index contributed by atoms with van der Waals surface area (Å²) in [5.74, 6) is 0. The molecule has 0 amide bonds. The first-order chi connectivity index (χ1) is 5.74. The summed E-state index contributed by atoms with van der Waals surface area (Å²) in [5.41, 5.74) is 1.10. The van der Waals surface area contributed by atoms with Crippen molar-refractivity contribution in [3.63, 3.8) is 0 Å². The zero-order valence-corrected chi connectivity index (χ0v) is 8.64. The van der Waals surface area contributed by atoms with E-state index < -0.39 is 0 Å². The molecule has 0 spiro atoms. The van der Waals surface area contributed by atoms with Gasteiger partial charge in [0.25, 0.3) is 0 Å². The molecule has 0 aliphatic rings. The third kappa shape index (κ3) is 2.38. The molecule has 1 aromatic rings. The van der Waals surface area contributed by atoms with Gasteiger partial charge in [-0.3, -0.25) is 0 Å². The number of rotatable bonds is 3. The van der Waals surface area contributed by atoms with Crippen LogP contribution >= 0.6 is 15.9 Å². The van der Waals surface area contributed by atoms with Crippen molar-refractivity contribution in [3.8, 4) is 0 Å². The topological polar surface area (TPSA) is 12.0 Å². The second-order valence-corrected chi connectivity index (χ2v) is 3.50. The van der Waals surface area contributed by atoms with E-state index in [0.717, 1.165) is 10.2 Å². The highest BCUT2D eigenvalue weighted by molar-refractivity contribution is 9.10. The second-order valence-electron chi connectivity index (χ2n) is 2.65. The molecule has 12 heavy (non-hydrogen) atoms. The van der Waals surface area contributed by atoms with Crippen molar-refractivity contribution >= 4 is 21.6 Å². The predicted octanol–water partition coefficient (Wildman–Crippen LogP) is 3.44. The number of hydrogen-bond donors (Lipinski definition) is 1. The highest BCUT2D eigenvalue weighted by Gasteiger charge is 1.99. The molecule has 0 saturated heterocycles. The highest BCUT2D eigenvalue weighted by Crippen LogP contribution is 2.21. The van der Waals surface area contributed by atoms with E-state index in [1.165, 1.54) is 0 Å². The van der Waals surface area contributed by atoms with Crippen molar-refractivity contribution in [3.05, 3.63) is 41.4 Å². The number of hydrogen-bond acceptors (Lipinski definition) is 1. The number of nitrogens with one attached hydrogen (secondary N) is 1. The Bertz CT molecular complexity index is 270. The third-order valence-corrected chi connectivity index (χ3v) is 2.30. The van der Waals surface area contributed by atoms with Crippen molar-refractivity contribution in [2.45, 2.75) is 13.0 Å². The summed E-state index contributed by atoms with van der Waals surface area (Å²) >= 11 is 3.46. The first kappa shape index (κ1) is 9.33. The Kier molecular flexibility index (Phi) is 3.35. The maximum Gasteiger partial charge on any atom is 0.0489 e. The average molecular weight is 226 g/mol. The Balaban J connectivity index is 2.75. The predicted molar refractivity (Wildman–Crippen MR) is 57.4 cm³/mol. The average Bonchev–Trinajstić information content (AvgIpc) is 2.09. The Morgan fingerprint density at radius 3 is 2.75 bits per heavy atom. The second kappa shape index (κ2) is 4.31. The highest BCUT2D eigenvalue weighted by atomic mass is 79.9. The Morgan fingerprint density at radius 1 is 1.50 bits per heavy atom. The molecule has 1 nitrogen and oxygen atoms in total. The summed E-state index contributed by atoms with van der Waals surface area (Å²) in [6.45, 7) is 5.77. The molecule has 64 valence electrons. The van der Waals surface area contributed by atoms with Crippen molar-refractivity contribution in [1.82, 2.24) is 0 Å². The number of anilines is 1. The molecule has 1 unspecified atom stereocenters. The SMILES string of the molecule is C=CC(C)Nc1ccccc1Br. The summed E-state index contributed by atoms with van der Waals surface area (Å²) in [6, 6.07) is 8.34. The van der Waals surface area contributed by atoms with Gasteiger partial charge in [-0.1, -0.05) is 18.2 Å². The first-order valence-corrected chi connectivity index (χ1v) is 4.67. The lowest BCUT2D eigenvalue weighted by atomic mass is 10.2. The molecule has 0 heterocycles. The van der Waals surface area contributed by atoms with Crippen LogP contribution < -0.4 is 5.32 Å². The van der Waals surface area contributed by atoms with E-state index in [2.05, 4.69) is 34.7 Å². The van der Waals surface area contributed by atoms with Crippen LogP contribution in [0.2, 0.25) is 0 Å². The number of benzene rings is 1. The van der Waals surface area contributed by atoms with Crippen LogP contribution in [0.15, 0.2) is 41.4 Å². The molecule has 0 aliphatic heterocycles. The quantitative estimate of drug-likeness (QED) is 0.778. The smallest absolute Gasteiger partial charge is 0.0489 e. The van der Waals surface area contributed by atoms with E-state index >= 15 is 0 Å². The van der Waals surface area contributed by atoms with Crippen molar-refractivity contribution in [2.75, 3.05) is 5.32 Å². The molecule has 1 rings (SSSR count). The van der Waals surface area contributed by atoms with E-state index in [-0.39, 0.29) is 0 Å². The van der Waals surface area contributed by atoms with Crippen molar-refractivity contribution in [1.29, 1.82) is 0 Å². The molecule has 0 aromatic heterocycles. The fourth-order valence-electron chi connectivity index (χ4n) is 0.882. The van der Waals surface area contributed by atoms with Crippen molar-refractivity contribution < 1.29 is 0 Å². The Labute approximate surface area is 81.6 Å². The molecule has 2 heteroatoms. The van der Waals surface area contributed by atoms with Gasteiger partial charge < -0.3 is 5.32 Å². The van der Waals surface area contributed by atoms with Crippen LogP contribution in [0.1, 0.15) is 6.92 Å².